The molecule has 4 heteroatoms. The van der Waals surface area contributed by atoms with Crippen molar-refractivity contribution in [1.82, 2.24) is 4.90 Å². The molecule has 4 nitrogen and oxygen atoms in total. The van der Waals surface area contributed by atoms with Crippen LogP contribution in [0.4, 0.5) is 0 Å². The van der Waals surface area contributed by atoms with Crippen molar-refractivity contribution < 1.29 is 14.3 Å². The number of rotatable bonds is 4. The number of nitrogens with zero attached hydrogens (tertiary/aromatic N) is 1. The lowest BCUT2D eigenvalue weighted by Crippen LogP contribution is -2.40. The summed E-state index contributed by atoms with van der Waals surface area (Å²) in [7, 11) is 0. The third kappa shape index (κ3) is 3.14. The zero-order valence-electron chi connectivity index (χ0n) is 14.1. The normalized spacial score (nSPS) is 20.1. The molecular formula is C20H25NO3. The Labute approximate surface area is 143 Å². The molecule has 1 saturated carbocycles. The topological polar surface area (TPSA) is 38.8 Å². The Morgan fingerprint density at radius 3 is 2.79 bits per heavy atom. The molecule has 0 unspecified atom stereocenters. The number of amides is 1. The number of hydrogen-bond donors (Lipinski definition) is 0. The lowest BCUT2D eigenvalue weighted by Gasteiger charge is -2.30. The highest BCUT2D eigenvalue weighted by atomic mass is 16.5. The van der Waals surface area contributed by atoms with E-state index in [-0.39, 0.29) is 5.91 Å². The number of carbonyl (C=O) groups excluding carboxylic acids is 1. The molecule has 2 aliphatic heterocycles. The number of ether oxygens (including phenoxy) is 2. The summed E-state index contributed by atoms with van der Waals surface area (Å²) >= 11 is 0. The summed E-state index contributed by atoms with van der Waals surface area (Å²) < 4.78 is 11.2. The van der Waals surface area contributed by atoms with Gasteiger partial charge < -0.3 is 14.4 Å². The van der Waals surface area contributed by atoms with Crippen LogP contribution in [0.25, 0.3) is 0 Å². The van der Waals surface area contributed by atoms with Gasteiger partial charge in [0.15, 0.2) is 5.76 Å². The van der Waals surface area contributed by atoms with Crippen molar-refractivity contribution in [2.24, 2.45) is 0 Å². The van der Waals surface area contributed by atoms with Crippen molar-refractivity contribution >= 4 is 5.91 Å². The van der Waals surface area contributed by atoms with Crippen LogP contribution in [-0.2, 0) is 22.5 Å². The largest absolute Gasteiger partial charge is 0.493 e. The minimum atomic E-state index is 0.0679. The van der Waals surface area contributed by atoms with Gasteiger partial charge in [0.25, 0.3) is 5.91 Å². The molecule has 0 spiro atoms. The summed E-state index contributed by atoms with van der Waals surface area (Å²) in [5, 5.41) is 0. The Balaban J connectivity index is 1.56. The molecule has 0 saturated heterocycles. The first kappa shape index (κ1) is 15.6. The van der Waals surface area contributed by atoms with Crippen LogP contribution >= 0.6 is 0 Å². The van der Waals surface area contributed by atoms with Gasteiger partial charge in [0.05, 0.1) is 13.2 Å². The highest BCUT2D eigenvalue weighted by molar-refractivity contribution is 5.91. The second kappa shape index (κ2) is 6.88. The first-order valence-electron chi connectivity index (χ1n) is 9.20. The van der Waals surface area contributed by atoms with Crippen LogP contribution in [0.3, 0.4) is 0 Å². The first-order chi connectivity index (χ1) is 11.8. The quantitative estimate of drug-likeness (QED) is 0.848. The molecule has 128 valence electrons. The summed E-state index contributed by atoms with van der Waals surface area (Å²) in [6.45, 7) is 2.09. The molecule has 0 atom stereocenters. The van der Waals surface area contributed by atoms with Gasteiger partial charge in [-0.15, -0.1) is 0 Å². The van der Waals surface area contributed by atoms with E-state index in [0.29, 0.717) is 25.0 Å². The van der Waals surface area contributed by atoms with Gasteiger partial charge in [-0.1, -0.05) is 25.0 Å². The van der Waals surface area contributed by atoms with Gasteiger partial charge in [0, 0.05) is 19.0 Å². The van der Waals surface area contributed by atoms with E-state index in [1.54, 1.807) is 0 Å². The molecule has 2 heterocycles. The molecule has 1 aromatic carbocycles. The van der Waals surface area contributed by atoms with Crippen LogP contribution in [0.2, 0.25) is 0 Å². The van der Waals surface area contributed by atoms with Crippen molar-refractivity contribution in [3.05, 3.63) is 41.2 Å². The molecule has 1 aromatic rings. The Hall–Kier alpha value is -1.97. The summed E-state index contributed by atoms with van der Waals surface area (Å²) in [5.74, 6) is 1.62. The van der Waals surface area contributed by atoms with E-state index < -0.39 is 0 Å². The molecule has 1 aliphatic carbocycles. The predicted octanol–water partition coefficient (Wildman–Crippen LogP) is 3.59. The fourth-order valence-electron chi connectivity index (χ4n) is 3.97. The average molecular weight is 327 g/mol. The second-order valence-corrected chi connectivity index (χ2v) is 6.97. The standard InChI is InChI=1S/C20H25NO3/c22-20(19-7-3-4-11-23-19)21(17-5-1-2-6-17)14-15-8-9-18-16(13-15)10-12-24-18/h7-9,13,17H,1-6,10-12,14H2. The molecule has 3 aliphatic rings. The Kier molecular flexibility index (Phi) is 4.46. The third-order valence-electron chi connectivity index (χ3n) is 5.28. The van der Waals surface area contributed by atoms with E-state index in [4.69, 9.17) is 9.47 Å². The maximum atomic E-state index is 13.0. The third-order valence-corrected chi connectivity index (χ3v) is 5.28. The van der Waals surface area contributed by atoms with Gasteiger partial charge in [0.2, 0.25) is 0 Å². The number of fused-ring (bicyclic) bond motifs is 1. The highest BCUT2D eigenvalue weighted by Crippen LogP contribution is 2.30. The molecule has 1 amide bonds. The van der Waals surface area contributed by atoms with Crippen LogP contribution in [0.1, 0.15) is 49.7 Å². The Bertz CT molecular complexity index is 646. The summed E-state index contributed by atoms with van der Waals surface area (Å²) in [5.41, 5.74) is 2.45. The van der Waals surface area contributed by atoms with Crippen molar-refractivity contribution in [3.63, 3.8) is 0 Å². The Morgan fingerprint density at radius 1 is 1.12 bits per heavy atom. The summed E-state index contributed by atoms with van der Waals surface area (Å²) in [6, 6.07) is 6.68. The van der Waals surface area contributed by atoms with E-state index in [9.17, 15) is 4.79 Å². The van der Waals surface area contributed by atoms with Crippen LogP contribution in [0, 0.1) is 0 Å². The van der Waals surface area contributed by atoms with E-state index in [2.05, 4.69) is 12.1 Å². The number of carbonyl (C=O) groups is 1. The van der Waals surface area contributed by atoms with Gasteiger partial charge in [-0.3, -0.25) is 4.79 Å². The Morgan fingerprint density at radius 2 is 2.00 bits per heavy atom. The van der Waals surface area contributed by atoms with E-state index in [1.807, 2.05) is 17.0 Å². The molecule has 0 N–H and O–H groups in total. The van der Waals surface area contributed by atoms with Crippen molar-refractivity contribution in [1.29, 1.82) is 0 Å². The maximum absolute atomic E-state index is 13.0. The fourth-order valence-corrected chi connectivity index (χ4v) is 3.97. The smallest absolute Gasteiger partial charge is 0.289 e. The molecule has 4 rings (SSSR count). The zero-order chi connectivity index (χ0) is 16.4. The fraction of sp³-hybridized carbons (Fsp3) is 0.550. The number of hydrogen-bond acceptors (Lipinski definition) is 3. The van der Waals surface area contributed by atoms with E-state index in [1.165, 1.54) is 24.0 Å². The van der Waals surface area contributed by atoms with Gasteiger partial charge in [-0.2, -0.15) is 0 Å². The van der Waals surface area contributed by atoms with Crippen LogP contribution in [-0.4, -0.2) is 30.1 Å². The van der Waals surface area contributed by atoms with E-state index in [0.717, 1.165) is 44.5 Å². The molecule has 0 aromatic heterocycles. The maximum Gasteiger partial charge on any atom is 0.289 e. The lowest BCUT2D eigenvalue weighted by atomic mass is 10.1. The van der Waals surface area contributed by atoms with Crippen molar-refractivity contribution in [2.75, 3.05) is 13.2 Å². The first-order valence-corrected chi connectivity index (χ1v) is 9.20. The van der Waals surface area contributed by atoms with Crippen LogP contribution in [0.5, 0.6) is 5.75 Å². The minimum Gasteiger partial charge on any atom is -0.493 e. The summed E-state index contributed by atoms with van der Waals surface area (Å²) in [4.78, 5) is 15.1. The molecule has 0 bridgehead atoms. The average Bonchev–Trinajstić information content (AvgIpc) is 3.31. The highest BCUT2D eigenvalue weighted by Gasteiger charge is 2.30. The van der Waals surface area contributed by atoms with Gasteiger partial charge >= 0.3 is 0 Å². The SMILES string of the molecule is O=C(C1=CCCCO1)N(Cc1ccc2c(c1)CCO2)C1CCCC1. The molecule has 24 heavy (non-hydrogen) atoms. The predicted molar refractivity (Wildman–Crippen MR) is 91.7 cm³/mol. The second-order valence-electron chi connectivity index (χ2n) is 6.97. The van der Waals surface area contributed by atoms with Gasteiger partial charge in [0.1, 0.15) is 5.75 Å². The monoisotopic (exact) mass is 327 g/mol. The minimum absolute atomic E-state index is 0.0679. The van der Waals surface area contributed by atoms with Crippen molar-refractivity contribution in [3.8, 4) is 5.75 Å². The number of benzene rings is 1. The van der Waals surface area contributed by atoms with Crippen LogP contribution < -0.4 is 4.74 Å². The lowest BCUT2D eigenvalue weighted by molar-refractivity contribution is -0.134. The van der Waals surface area contributed by atoms with Crippen molar-refractivity contribution in [2.45, 2.75) is 57.5 Å². The summed E-state index contributed by atoms with van der Waals surface area (Å²) in [6.07, 6.45) is 9.51. The molecular weight excluding hydrogens is 302 g/mol. The molecule has 0 radical (unpaired) electrons. The number of allylic oxidation sites excluding steroid dienone is 1. The molecule has 1 fully saturated rings. The zero-order valence-corrected chi connectivity index (χ0v) is 14.1. The van der Waals surface area contributed by atoms with Gasteiger partial charge in [-0.05, 0) is 49.0 Å². The van der Waals surface area contributed by atoms with Gasteiger partial charge in [-0.25, -0.2) is 0 Å². The van der Waals surface area contributed by atoms with E-state index >= 15 is 0 Å². The van der Waals surface area contributed by atoms with Crippen LogP contribution in [0.15, 0.2) is 30.0 Å².